The van der Waals surface area contributed by atoms with Crippen molar-refractivity contribution in [3.05, 3.63) is 59.4 Å². The number of nitrogens with one attached hydrogen (secondary N) is 3. The van der Waals surface area contributed by atoms with Crippen LogP contribution in [0.15, 0.2) is 42.6 Å². The van der Waals surface area contributed by atoms with E-state index >= 15 is 0 Å². The van der Waals surface area contributed by atoms with Gasteiger partial charge in [0.25, 0.3) is 0 Å². The maximum Gasteiger partial charge on any atom is 0.420 e. The molecule has 1 saturated carbocycles. The molecule has 0 unspecified atom stereocenters. The molecule has 46 heavy (non-hydrogen) atoms. The SMILES string of the molecule is CCc1cc(-c2cc(CC(=O)Nc3ccc(OCCCNC)c(C(F)(F)F)c3)nn2C)cc2cnc(NC3CCC(N)CC3)nc12. The van der Waals surface area contributed by atoms with Crippen LogP contribution in [-0.4, -0.2) is 57.9 Å². The van der Waals surface area contributed by atoms with E-state index in [9.17, 15) is 18.0 Å². The van der Waals surface area contributed by atoms with E-state index in [0.717, 1.165) is 65.9 Å². The highest BCUT2D eigenvalue weighted by Gasteiger charge is 2.35. The largest absolute Gasteiger partial charge is 0.493 e. The lowest BCUT2D eigenvalue weighted by molar-refractivity contribution is -0.139. The predicted octanol–water partition coefficient (Wildman–Crippen LogP) is 5.46. The lowest BCUT2D eigenvalue weighted by Crippen LogP contribution is -2.33. The average molecular weight is 639 g/mol. The van der Waals surface area contributed by atoms with Gasteiger partial charge in [0.15, 0.2) is 0 Å². The molecular formula is C33H41F3N8O2. The van der Waals surface area contributed by atoms with Crippen molar-refractivity contribution in [1.82, 2.24) is 25.1 Å². The first-order valence-corrected chi connectivity index (χ1v) is 15.7. The molecule has 1 fully saturated rings. The number of benzene rings is 2. The van der Waals surface area contributed by atoms with Crippen molar-refractivity contribution in [3.8, 4) is 17.0 Å². The van der Waals surface area contributed by atoms with Crippen LogP contribution in [0.2, 0.25) is 0 Å². The quantitative estimate of drug-likeness (QED) is 0.151. The van der Waals surface area contributed by atoms with E-state index in [-0.39, 0.29) is 30.5 Å². The number of carbonyl (C=O) groups excluding carboxylic acids is 1. The summed E-state index contributed by atoms with van der Waals surface area (Å²) in [6.07, 6.45) is 2.35. The number of nitrogens with zero attached hydrogens (tertiary/aromatic N) is 4. The van der Waals surface area contributed by atoms with Crippen molar-refractivity contribution in [1.29, 1.82) is 0 Å². The Morgan fingerprint density at radius 1 is 1.13 bits per heavy atom. The molecule has 0 bridgehead atoms. The number of nitrogens with two attached hydrogens (primary N) is 1. The standard InChI is InChI=1S/C33H41F3N8O2/c1-4-20-14-21(15-22-19-39-32(42-31(20)22)41-24-8-6-23(37)7-9-24)28-17-26(43-44(28)3)18-30(45)40-25-10-11-29(46-13-5-12-38-2)27(16-25)33(34,35)36/h10-11,14-17,19,23-24,38H,4-9,12-13,18,37H2,1-3H3,(H,40,45)(H,39,41,42). The summed E-state index contributed by atoms with van der Waals surface area (Å²) in [4.78, 5) is 22.3. The average Bonchev–Trinajstić information content (AvgIpc) is 3.39. The summed E-state index contributed by atoms with van der Waals surface area (Å²) in [6.45, 7) is 2.83. The van der Waals surface area contributed by atoms with Crippen LogP contribution >= 0.6 is 0 Å². The molecule has 13 heteroatoms. The smallest absolute Gasteiger partial charge is 0.420 e. The van der Waals surface area contributed by atoms with Gasteiger partial charge in [-0.25, -0.2) is 9.97 Å². The van der Waals surface area contributed by atoms with Crippen molar-refractivity contribution in [2.45, 2.75) is 70.1 Å². The Labute approximate surface area is 266 Å². The molecule has 10 nitrogen and oxygen atoms in total. The minimum Gasteiger partial charge on any atom is -0.493 e. The molecule has 0 atom stereocenters. The molecule has 4 aromatic rings. The third-order valence-corrected chi connectivity index (χ3v) is 8.21. The summed E-state index contributed by atoms with van der Waals surface area (Å²) < 4.78 is 48.3. The zero-order chi connectivity index (χ0) is 32.8. The summed E-state index contributed by atoms with van der Waals surface area (Å²) in [5.74, 6) is -0.148. The highest BCUT2D eigenvalue weighted by Crippen LogP contribution is 2.38. The Kier molecular flexibility index (Phi) is 10.4. The number of amides is 1. The van der Waals surface area contributed by atoms with Gasteiger partial charge in [-0.1, -0.05) is 6.92 Å². The molecule has 2 aromatic heterocycles. The predicted molar refractivity (Wildman–Crippen MR) is 173 cm³/mol. The van der Waals surface area contributed by atoms with E-state index in [4.69, 9.17) is 15.5 Å². The van der Waals surface area contributed by atoms with Gasteiger partial charge in [-0.2, -0.15) is 18.3 Å². The summed E-state index contributed by atoms with van der Waals surface area (Å²) >= 11 is 0. The van der Waals surface area contributed by atoms with Gasteiger partial charge in [0.2, 0.25) is 11.9 Å². The van der Waals surface area contributed by atoms with Crippen LogP contribution in [0, 0.1) is 0 Å². The van der Waals surface area contributed by atoms with E-state index in [2.05, 4.69) is 39.0 Å². The zero-order valence-corrected chi connectivity index (χ0v) is 26.4. The molecule has 0 radical (unpaired) electrons. The van der Waals surface area contributed by atoms with Crippen LogP contribution < -0.4 is 26.4 Å². The number of alkyl halides is 3. The van der Waals surface area contributed by atoms with Crippen molar-refractivity contribution in [2.75, 3.05) is 30.8 Å². The normalized spacial score (nSPS) is 16.8. The fourth-order valence-corrected chi connectivity index (χ4v) is 5.79. The highest BCUT2D eigenvalue weighted by molar-refractivity contribution is 5.92. The first kappa shape index (κ1) is 33.1. The highest BCUT2D eigenvalue weighted by atomic mass is 19.4. The third kappa shape index (κ3) is 8.13. The number of fused-ring (bicyclic) bond motifs is 1. The minimum atomic E-state index is -4.64. The molecular weight excluding hydrogens is 597 g/mol. The van der Waals surface area contributed by atoms with Crippen LogP contribution in [0.25, 0.3) is 22.2 Å². The number of rotatable bonds is 12. The van der Waals surface area contributed by atoms with E-state index < -0.39 is 17.6 Å². The number of halogens is 3. The number of hydrogen-bond acceptors (Lipinski definition) is 8. The fraction of sp³-hybridized carbons (Fsp3) is 0.455. The monoisotopic (exact) mass is 638 g/mol. The molecule has 1 aliphatic rings. The van der Waals surface area contributed by atoms with Gasteiger partial charge in [0, 0.05) is 42.0 Å². The number of aryl methyl sites for hydroxylation is 2. The lowest BCUT2D eigenvalue weighted by Gasteiger charge is -2.26. The zero-order valence-electron chi connectivity index (χ0n) is 26.4. The topological polar surface area (TPSA) is 132 Å². The van der Waals surface area contributed by atoms with Crippen LogP contribution in [0.4, 0.5) is 24.8 Å². The van der Waals surface area contributed by atoms with Crippen molar-refractivity contribution in [2.24, 2.45) is 12.8 Å². The lowest BCUT2D eigenvalue weighted by atomic mass is 9.92. The van der Waals surface area contributed by atoms with Crippen molar-refractivity contribution < 1.29 is 22.7 Å². The van der Waals surface area contributed by atoms with Gasteiger partial charge < -0.3 is 26.4 Å². The molecule has 0 spiro atoms. The number of carbonyl (C=O) groups is 1. The number of hydrogen-bond donors (Lipinski definition) is 4. The summed E-state index contributed by atoms with van der Waals surface area (Å²) in [6, 6.07) is 9.99. The second kappa shape index (κ2) is 14.5. The van der Waals surface area contributed by atoms with Crippen LogP contribution in [0.1, 0.15) is 55.8 Å². The molecule has 2 aromatic carbocycles. The molecule has 1 amide bonds. The Hall–Kier alpha value is -4.23. The van der Waals surface area contributed by atoms with E-state index in [0.29, 0.717) is 30.6 Å². The van der Waals surface area contributed by atoms with Gasteiger partial charge in [-0.3, -0.25) is 9.48 Å². The third-order valence-electron chi connectivity index (χ3n) is 8.21. The van der Waals surface area contributed by atoms with Gasteiger partial charge in [0.05, 0.1) is 35.5 Å². The molecule has 246 valence electrons. The minimum absolute atomic E-state index is 0.0269. The number of aromatic nitrogens is 4. The summed E-state index contributed by atoms with van der Waals surface area (Å²) in [5.41, 5.74) is 9.24. The first-order valence-electron chi connectivity index (χ1n) is 15.7. The fourth-order valence-electron chi connectivity index (χ4n) is 5.79. The number of anilines is 2. The summed E-state index contributed by atoms with van der Waals surface area (Å²) in [5, 5.41) is 14.4. The Morgan fingerprint density at radius 2 is 1.91 bits per heavy atom. The second-order valence-corrected chi connectivity index (χ2v) is 11.8. The Balaban J connectivity index is 1.29. The van der Waals surface area contributed by atoms with Gasteiger partial charge in [-0.05, 0) is 94.1 Å². The molecule has 0 aliphatic heterocycles. The first-order chi connectivity index (χ1) is 22.0. The van der Waals surface area contributed by atoms with E-state index in [1.807, 2.05) is 18.3 Å². The molecule has 5 N–H and O–H groups in total. The van der Waals surface area contributed by atoms with Gasteiger partial charge in [-0.15, -0.1) is 0 Å². The van der Waals surface area contributed by atoms with Crippen molar-refractivity contribution in [3.63, 3.8) is 0 Å². The van der Waals surface area contributed by atoms with Gasteiger partial charge in [0.1, 0.15) is 5.75 Å². The van der Waals surface area contributed by atoms with Crippen LogP contribution in [-0.2, 0) is 30.9 Å². The van der Waals surface area contributed by atoms with Gasteiger partial charge >= 0.3 is 6.18 Å². The van der Waals surface area contributed by atoms with E-state index in [1.54, 1.807) is 18.8 Å². The van der Waals surface area contributed by atoms with Crippen molar-refractivity contribution >= 4 is 28.4 Å². The molecule has 2 heterocycles. The maximum atomic E-state index is 13.7. The van der Waals surface area contributed by atoms with Crippen LogP contribution in [0.5, 0.6) is 5.75 Å². The molecule has 0 saturated heterocycles. The molecule has 5 rings (SSSR count). The maximum absolute atomic E-state index is 13.7. The van der Waals surface area contributed by atoms with Crippen LogP contribution in [0.3, 0.4) is 0 Å². The second-order valence-electron chi connectivity index (χ2n) is 11.8. The Morgan fingerprint density at radius 3 is 2.63 bits per heavy atom. The molecule has 1 aliphatic carbocycles. The van der Waals surface area contributed by atoms with E-state index in [1.165, 1.54) is 12.1 Å². The number of ether oxygens (including phenoxy) is 1. The Bertz CT molecular complexity index is 1660. The summed E-state index contributed by atoms with van der Waals surface area (Å²) in [7, 11) is 3.55.